The number of hydrogen-bond acceptors (Lipinski definition) is 8. The number of rotatable bonds is 8. The highest BCUT2D eigenvalue weighted by Gasteiger charge is 2.61. The molecule has 0 radical (unpaired) electrons. The van der Waals surface area contributed by atoms with Crippen LogP contribution in [0.25, 0.3) is 0 Å². The highest BCUT2D eigenvalue weighted by Crippen LogP contribution is 2.59. The molecule has 0 aromatic heterocycles. The maximum absolute atomic E-state index is 14.3. The van der Waals surface area contributed by atoms with E-state index in [0.29, 0.717) is 16.7 Å². The van der Waals surface area contributed by atoms with Gasteiger partial charge >= 0.3 is 5.97 Å². The number of benzene rings is 3. The molecular weight excluding hydrogens is 564 g/mol. The van der Waals surface area contributed by atoms with Gasteiger partial charge in [0.1, 0.15) is 12.1 Å². The van der Waals surface area contributed by atoms with Crippen LogP contribution in [0.2, 0.25) is 0 Å². The van der Waals surface area contributed by atoms with E-state index in [1.54, 1.807) is 6.07 Å². The molecule has 3 aromatic rings. The van der Waals surface area contributed by atoms with Gasteiger partial charge in [-0.2, -0.15) is 0 Å². The molecule has 0 saturated heterocycles. The van der Waals surface area contributed by atoms with Crippen LogP contribution >= 0.6 is 0 Å². The monoisotopic (exact) mass is 602 g/mol. The zero-order valence-corrected chi connectivity index (χ0v) is 26.3. The van der Waals surface area contributed by atoms with E-state index in [-0.39, 0.29) is 24.3 Å². The molecule has 2 N–H and O–H groups in total. The Morgan fingerprint density at radius 2 is 1.47 bits per heavy atom. The number of hydrogen-bond donors (Lipinski definition) is 1. The molecule has 1 heterocycles. The number of sulfonamides is 1. The molecule has 0 saturated carbocycles. The first-order valence-electron chi connectivity index (χ1n) is 14.1. The molecule has 5 rings (SSSR count). The lowest BCUT2D eigenvalue weighted by molar-refractivity contribution is 0.0549. The summed E-state index contributed by atoms with van der Waals surface area (Å²) in [4.78, 5) is 31.4. The lowest BCUT2D eigenvalue weighted by Crippen LogP contribution is -2.54. The SMILES string of the molecule is C=CCOC(=O)c1ccc2c(c1)C1(c3ccc(N(C)C)cc3C(C)(C)c3cc(N(C)C)ccc31)N(S(=O)(=O)CCN)C2=O. The highest BCUT2D eigenvalue weighted by atomic mass is 32.2. The van der Waals surface area contributed by atoms with Crippen molar-refractivity contribution in [3.8, 4) is 0 Å². The number of nitrogens with two attached hydrogens (primary N) is 1. The second-order valence-corrected chi connectivity index (χ2v) is 13.8. The van der Waals surface area contributed by atoms with Crippen LogP contribution in [0.1, 0.15) is 62.4 Å². The van der Waals surface area contributed by atoms with Crippen LogP contribution in [-0.4, -0.2) is 71.7 Å². The second-order valence-electron chi connectivity index (χ2n) is 11.9. The van der Waals surface area contributed by atoms with Crippen molar-refractivity contribution in [1.29, 1.82) is 0 Å². The number of nitrogens with zero attached hydrogens (tertiary/aromatic N) is 3. The largest absolute Gasteiger partial charge is 0.458 e. The molecule has 0 unspecified atom stereocenters. The first-order chi connectivity index (χ1) is 20.2. The smallest absolute Gasteiger partial charge is 0.338 e. The fourth-order valence-corrected chi connectivity index (χ4v) is 7.95. The Kier molecular flexibility index (Phi) is 7.43. The van der Waals surface area contributed by atoms with Crippen LogP contribution in [0.15, 0.2) is 67.3 Å². The standard InChI is InChI=1S/C33H38N4O5S/c1-8-16-42-31(39)21-9-12-24-27(18-21)33(37(30(24)38)43(40,41)17-15-34)25-13-10-22(35(4)5)19-28(25)32(2,3)29-20-23(36(6)7)11-14-26(29)33/h8-14,18-20H,1,15-17,34H2,2-7H3. The topological polar surface area (TPSA) is 113 Å². The lowest BCUT2D eigenvalue weighted by Gasteiger charge is -2.49. The fraction of sp³-hybridized carbons (Fsp3) is 0.333. The van der Waals surface area contributed by atoms with Crippen molar-refractivity contribution in [2.75, 3.05) is 56.9 Å². The Labute approximate surface area is 253 Å². The molecule has 43 heavy (non-hydrogen) atoms. The third-order valence-corrected chi connectivity index (χ3v) is 10.3. The maximum Gasteiger partial charge on any atom is 0.338 e. The molecule has 0 bridgehead atoms. The van der Waals surface area contributed by atoms with Crippen LogP contribution in [0.3, 0.4) is 0 Å². The molecule has 1 aliphatic carbocycles. The number of carbonyl (C=O) groups excluding carboxylic acids is 2. The van der Waals surface area contributed by atoms with Crippen molar-refractivity contribution in [3.63, 3.8) is 0 Å². The van der Waals surface area contributed by atoms with Gasteiger partial charge < -0.3 is 20.3 Å². The fourth-order valence-electron chi connectivity index (χ4n) is 6.41. The number of ether oxygens (including phenoxy) is 1. The first-order valence-corrected chi connectivity index (χ1v) is 15.7. The average molecular weight is 603 g/mol. The van der Waals surface area contributed by atoms with E-state index < -0.39 is 38.6 Å². The highest BCUT2D eigenvalue weighted by molar-refractivity contribution is 7.89. The van der Waals surface area contributed by atoms with E-state index >= 15 is 0 Å². The van der Waals surface area contributed by atoms with Gasteiger partial charge in [-0.1, -0.05) is 38.6 Å². The van der Waals surface area contributed by atoms with Gasteiger partial charge in [0.15, 0.2) is 0 Å². The van der Waals surface area contributed by atoms with Gasteiger partial charge in [0, 0.05) is 62.7 Å². The molecule has 1 spiro atoms. The Morgan fingerprint density at radius 1 is 0.907 bits per heavy atom. The quantitative estimate of drug-likeness (QED) is 0.306. The van der Waals surface area contributed by atoms with Crippen molar-refractivity contribution in [2.45, 2.75) is 24.8 Å². The van der Waals surface area contributed by atoms with Crippen molar-refractivity contribution >= 4 is 33.3 Å². The van der Waals surface area contributed by atoms with Gasteiger partial charge in [0.05, 0.1) is 11.3 Å². The van der Waals surface area contributed by atoms with E-state index in [1.165, 1.54) is 18.2 Å². The molecular formula is C33H38N4O5S. The van der Waals surface area contributed by atoms with Gasteiger partial charge in [-0.15, -0.1) is 0 Å². The minimum absolute atomic E-state index is 0.0114. The summed E-state index contributed by atoms with van der Waals surface area (Å²) in [6, 6.07) is 16.4. The summed E-state index contributed by atoms with van der Waals surface area (Å²) in [7, 11) is 3.52. The van der Waals surface area contributed by atoms with Crippen LogP contribution < -0.4 is 15.5 Å². The summed E-state index contributed by atoms with van der Waals surface area (Å²) in [6.45, 7) is 7.67. The summed E-state index contributed by atoms with van der Waals surface area (Å²) in [5, 5.41) is 0. The van der Waals surface area contributed by atoms with Crippen molar-refractivity contribution in [1.82, 2.24) is 4.31 Å². The summed E-state index contributed by atoms with van der Waals surface area (Å²) in [5.41, 5.74) is 9.33. The van der Waals surface area contributed by atoms with Crippen molar-refractivity contribution < 1.29 is 22.7 Å². The Bertz CT molecular complexity index is 1700. The lowest BCUT2D eigenvalue weighted by atomic mass is 9.60. The van der Waals surface area contributed by atoms with Crippen molar-refractivity contribution in [3.05, 3.63) is 106 Å². The number of amides is 1. The normalized spacial score (nSPS) is 15.9. The van der Waals surface area contributed by atoms with E-state index in [0.717, 1.165) is 26.8 Å². The number of carbonyl (C=O) groups is 2. The zero-order chi connectivity index (χ0) is 31.5. The Morgan fingerprint density at radius 3 is 1.95 bits per heavy atom. The summed E-state index contributed by atoms with van der Waals surface area (Å²) < 4.78 is 34.7. The third kappa shape index (κ3) is 4.42. The second kappa shape index (κ2) is 10.5. The van der Waals surface area contributed by atoms with Crippen LogP contribution in [0.5, 0.6) is 0 Å². The Balaban J connectivity index is 1.98. The van der Waals surface area contributed by atoms with E-state index in [1.807, 2.05) is 62.3 Å². The molecule has 2 aliphatic rings. The molecule has 3 aromatic carbocycles. The summed E-state index contributed by atoms with van der Waals surface area (Å²) >= 11 is 0. The van der Waals surface area contributed by atoms with Crippen LogP contribution in [0.4, 0.5) is 11.4 Å². The first kappa shape index (κ1) is 30.3. The number of anilines is 2. The van der Waals surface area contributed by atoms with E-state index in [4.69, 9.17) is 10.5 Å². The van der Waals surface area contributed by atoms with Crippen LogP contribution in [-0.2, 0) is 25.7 Å². The molecule has 10 heteroatoms. The molecule has 1 aliphatic heterocycles. The predicted octanol–water partition coefficient (Wildman–Crippen LogP) is 3.84. The minimum atomic E-state index is -4.25. The van der Waals surface area contributed by atoms with E-state index in [2.05, 4.69) is 32.6 Å². The summed E-state index contributed by atoms with van der Waals surface area (Å²) in [6.07, 6.45) is 1.47. The number of fused-ring (bicyclic) bond motifs is 6. The maximum atomic E-state index is 14.3. The zero-order valence-electron chi connectivity index (χ0n) is 25.5. The van der Waals surface area contributed by atoms with E-state index in [9.17, 15) is 18.0 Å². The average Bonchev–Trinajstić information content (AvgIpc) is 3.23. The van der Waals surface area contributed by atoms with Crippen LogP contribution in [0, 0.1) is 0 Å². The minimum Gasteiger partial charge on any atom is -0.458 e. The predicted molar refractivity (Wildman–Crippen MR) is 169 cm³/mol. The van der Waals surface area contributed by atoms with Gasteiger partial charge in [0.2, 0.25) is 10.0 Å². The molecule has 1 amide bonds. The van der Waals surface area contributed by atoms with Gasteiger partial charge in [-0.3, -0.25) is 4.79 Å². The van der Waals surface area contributed by atoms with Gasteiger partial charge in [-0.25, -0.2) is 17.5 Å². The molecule has 226 valence electrons. The molecule has 0 atom stereocenters. The molecule has 0 fully saturated rings. The van der Waals surface area contributed by atoms with Gasteiger partial charge in [-0.05, 0) is 64.7 Å². The Hall–Kier alpha value is -4.15. The number of esters is 1. The summed E-state index contributed by atoms with van der Waals surface area (Å²) in [5.74, 6) is -1.70. The third-order valence-electron chi connectivity index (χ3n) is 8.52. The van der Waals surface area contributed by atoms with Crippen molar-refractivity contribution in [2.24, 2.45) is 5.73 Å². The molecule has 9 nitrogen and oxygen atoms in total. The van der Waals surface area contributed by atoms with Gasteiger partial charge in [0.25, 0.3) is 5.91 Å².